The van der Waals surface area contributed by atoms with Crippen molar-refractivity contribution in [2.24, 2.45) is 11.7 Å². The summed E-state index contributed by atoms with van der Waals surface area (Å²) in [4.78, 5) is 4.55. The van der Waals surface area contributed by atoms with Gasteiger partial charge in [-0.25, -0.2) is 0 Å². The van der Waals surface area contributed by atoms with Crippen LogP contribution in [-0.2, 0) is 5.41 Å². The van der Waals surface area contributed by atoms with Crippen molar-refractivity contribution >= 4 is 0 Å². The van der Waals surface area contributed by atoms with Gasteiger partial charge in [0.1, 0.15) is 0 Å². The first-order valence-electron chi connectivity index (χ1n) is 6.61. The Balaban J connectivity index is 2.09. The van der Waals surface area contributed by atoms with Crippen LogP contribution in [0.15, 0.2) is 4.52 Å². The van der Waals surface area contributed by atoms with Gasteiger partial charge < -0.3 is 10.3 Å². The Morgan fingerprint density at radius 3 is 2.76 bits per heavy atom. The van der Waals surface area contributed by atoms with Crippen LogP contribution in [0.25, 0.3) is 0 Å². The number of nitrogens with zero attached hydrogens (tertiary/aromatic N) is 2. The zero-order chi connectivity index (χ0) is 12.5. The van der Waals surface area contributed by atoms with E-state index in [4.69, 9.17) is 10.3 Å². The Morgan fingerprint density at radius 1 is 1.41 bits per heavy atom. The average Bonchev–Trinajstić information content (AvgIpc) is 2.97. The van der Waals surface area contributed by atoms with Crippen molar-refractivity contribution in [1.82, 2.24) is 10.1 Å². The van der Waals surface area contributed by atoms with Crippen molar-refractivity contribution in [1.29, 1.82) is 0 Å². The molecule has 0 aliphatic heterocycles. The molecule has 2 atom stereocenters. The first-order chi connectivity index (χ1) is 8.06. The molecule has 1 saturated carbocycles. The minimum absolute atomic E-state index is 0.214. The van der Waals surface area contributed by atoms with Crippen LogP contribution in [0, 0.1) is 5.92 Å². The molecule has 2 rings (SSSR count). The van der Waals surface area contributed by atoms with Gasteiger partial charge in [-0.15, -0.1) is 0 Å². The van der Waals surface area contributed by atoms with Crippen LogP contribution in [0.2, 0.25) is 0 Å². The van der Waals surface area contributed by atoms with Crippen molar-refractivity contribution in [2.75, 3.05) is 6.54 Å². The second kappa shape index (κ2) is 4.77. The summed E-state index contributed by atoms with van der Waals surface area (Å²) in [6.07, 6.45) is 4.96. The summed E-state index contributed by atoms with van der Waals surface area (Å²) in [6.45, 7) is 6.85. The van der Waals surface area contributed by atoms with E-state index >= 15 is 0 Å². The molecule has 96 valence electrons. The lowest BCUT2D eigenvalue weighted by Gasteiger charge is -2.15. The third-order valence-corrected chi connectivity index (χ3v) is 4.01. The molecule has 0 aromatic carbocycles. The lowest BCUT2D eigenvalue weighted by Crippen LogP contribution is -2.28. The molecule has 1 heterocycles. The maximum absolute atomic E-state index is 5.72. The second-order valence-electron chi connectivity index (χ2n) is 5.83. The number of aromatic nitrogens is 2. The Kier molecular flexibility index (Phi) is 3.52. The number of hydrogen-bond acceptors (Lipinski definition) is 4. The largest absolute Gasteiger partial charge is 0.339 e. The Morgan fingerprint density at radius 2 is 2.18 bits per heavy atom. The molecule has 4 nitrogen and oxygen atoms in total. The summed E-state index contributed by atoms with van der Waals surface area (Å²) in [5.41, 5.74) is 5.50. The van der Waals surface area contributed by atoms with Crippen LogP contribution in [0.3, 0.4) is 0 Å². The van der Waals surface area contributed by atoms with Gasteiger partial charge in [-0.1, -0.05) is 18.5 Å². The van der Waals surface area contributed by atoms with E-state index in [0.717, 1.165) is 11.7 Å². The normalized spacial score (nSPS) is 25.4. The zero-order valence-corrected chi connectivity index (χ0v) is 11.1. The van der Waals surface area contributed by atoms with Crippen molar-refractivity contribution in [3.63, 3.8) is 0 Å². The van der Waals surface area contributed by atoms with Crippen LogP contribution in [0.5, 0.6) is 0 Å². The van der Waals surface area contributed by atoms with Crippen LogP contribution < -0.4 is 5.73 Å². The predicted octanol–water partition coefficient (Wildman–Crippen LogP) is 2.60. The molecule has 17 heavy (non-hydrogen) atoms. The lowest BCUT2D eigenvalue weighted by atomic mass is 9.94. The van der Waals surface area contributed by atoms with Gasteiger partial charge in [-0.3, -0.25) is 0 Å². The van der Waals surface area contributed by atoms with Crippen LogP contribution in [0.4, 0.5) is 0 Å². The molecule has 2 unspecified atom stereocenters. The summed E-state index contributed by atoms with van der Waals surface area (Å²) in [6, 6.07) is 0. The molecule has 1 aromatic rings. The van der Waals surface area contributed by atoms with Gasteiger partial charge >= 0.3 is 0 Å². The molecule has 0 amide bonds. The standard InChI is InChI=1S/C13H23N3O/c1-4-9-5-6-10(7-9)11-15-12(17-16-11)13(2,3)8-14/h9-10H,4-8,14H2,1-3H3. The molecule has 4 heteroatoms. The van der Waals surface area contributed by atoms with E-state index in [0.29, 0.717) is 18.4 Å². The highest BCUT2D eigenvalue weighted by molar-refractivity contribution is 5.05. The summed E-state index contributed by atoms with van der Waals surface area (Å²) in [5.74, 6) is 2.89. The highest BCUT2D eigenvalue weighted by Crippen LogP contribution is 2.38. The van der Waals surface area contributed by atoms with Gasteiger partial charge in [0.15, 0.2) is 5.82 Å². The fourth-order valence-electron chi connectivity index (χ4n) is 2.44. The predicted molar refractivity (Wildman–Crippen MR) is 66.8 cm³/mol. The van der Waals surface area contributed by atoms with Crippen LogP contribution in [0.1, 0.15) is 64.1 Å². The second-order valence-corrected chi connectivity index (χ2v) is 5.83. The van der Waals surface area contributed by atoms with E-state index in [1.807, 2.05) is 13.8 Å². The molecule has 1 fully saturated rings. The fourth-order valence-corrected chi connectivity index (χ4v) is 2.44. The van der Waals surface area contributed by atoms with Gasteiger partial charge in [0.2, 0.25) is 5.89 Å². The van der Waals surface area contributed by atoms with E-state index in [9.17, 15) is 0 Å². The number of rotatable bonds is 4. The zero-order valence-electron chi connectivity index (χ0n) is 11.1. The Hall–Kier alpha value is -0.900. The van der Waals surface area contributed by atoms with E-state index in [1.54, 1.807) is 0 Å². The number of hydrogen-bond donors (Lipinski definition) is 1. The van der Waals surface area contributed by atoms with E-state index < -0.39 is 0 Å². The van der Waals surface area contributed by atoms with Crippen molar-refractivity contribution in [3.8, 4) is 0 Å². The van der Waals surface area contributed by atoms with E-state index in [-0.39, 0.29) is 5.41 Å². The van der Waals surface area contributed by atoms with Gasteiger partial charge in [-0.05, 0) is 39.0 Å². The van der Waals surface area contributed by atoms with Gasteiger partial charge in [0, 0.05) is 12.5 Å². The summed E-state index contributed by atoms with van der Waals surface area (Å²) in [7, 11) is 0. The maximum atomic E-state index is 5.72. The first kappa shape index (κ1) is 12.6. The average molecular weight is 237 g/mol. The minimum atomic E-state index is -0.214. The number of nitrogens with two attached hydrogens (primary N) is 1. The molecule has 0 radical (unpaired) electrons. The van der Waals surface area contributed by atoms with Gasteiger partial charge in [-0.2, -0.15) is 4.98 Å². The quantitative estimate of drug-likeness (QED) is 0.874. The molecular formula is C13H23N3O. The molecule has 1 aromatic heterocycles. The third-order valence-electron chi connectivity index (χ3n) is 4.01. The fraction of sp³-hybridized carbons (Fsp3) is 0.846. The van der Waals surface area contributed by atoms with Crippen molar-refractivity contribution < 1.29 is 4.52 Å². The van der Waals surface area contributed by atoms with Crippen molar-refractivity contribution in [2.45, 2.75) is 57.8 Å². The minimum Gasteiger partial charge on any atom is -0.339 e. The molecule has 2 N–H and O–H groups in total. The summed E-state index contributed by atoms with van der Waals surface area (Å²) < 4.78 is 5.36. The molecular weight excluding hydrogens is 214 g/mol. The topological polar surface area (TPSA) is 64.9 Å². The Bertz CT molecular complexity index is 372. The summed E-state index contributed by atoms with van der Waals surface area (Å²) in [5, 5.41) is 4.14. The molecule has 0 spiro atoms. The smallest absolute Gasteiger partial charge is 0.233 e. The van der Waals surface area contributed by atoms with Crippen LogP contribution >= 0.6 is 0 Å². The van der Waals surface area contributed by atoms with Crippen LogP contribution in [-0.4, -0.2) is 16.7 Å². The Labute approximate surface area is 103 Å². The third kappa shape index (κ3) is 2.51. The highest BCUT2D eigenvalue weighted by atomic mass is 16.5. The molecule has 1 aliphatic carbocycles. The maximum Gasteiger partial charge on any atom is 0.233 e. The monoisotopic (exact) mass is 237 g/mol. The first-order valence-corrected chi connectivity index (χ1v) is 6.61. The molecule has 0 saturated heterocycles. The molecule has 1 aliphatic rings. The van der Waals surface area contributed by atoms with Gasteiger partial charge in [0.05, 0.1) is 5.41 Å². The molecule has 0 bridgehead atoms. The van der Waals surface area contributed by atoms with E-state index in [1.165, 1.54) is 25.7 Å². The summed E-state index contributed by atoms with van der Waals surface area (Å²) >= 11 is 0. The highest BCUT2D eigenvalue weighted by Gasteiger charge is 2.31. The van der Waals surface area contributed by atoms with Gasteiger partial charge in [0.25, 0.3) is 0 Å². The van der Waals surface area contributed by atoms with Crippen molar-refractivity contribution in [3.05, 3.63) is 11.7 Å². The van der Waals surface area contributed by atoms with E-state index in [2.05, 4.69) is 17.1 Å². The lowest BCUT2D eigenvalue weighted by molar-refractivity contribution is 0.308. The SMILES string of the molecule is CCC1CCC(c2noc(C(C)(C)CN)n2)C1.